The van der Waals surface area contributed by atoms with Crippen molar-refractivity contribution in [1.82, 2.24) is 9.97 Å². The molecule has 2 nitrogen and oxygen atoms in total. The minimum absolute atomic E-state index is 0.542. The van der Waals surface area contributed by atoms with Crippen LogP contribution in [0.3, 0.4) is 0 Å². The summed E-state index contributed by atoms with van der Waals surface area (Å²) in [4.78, 5) is 11.1. The number of aryl methyl sites for hydroxylation is 2. The lowest BCUT2D eigenvalue weighted by Gasteiger charge is -2.00. The number of hydrogen-bond donors (Lipinski definition) is 0. The highest BCUT2D eigenvalue weighted by Gasteiger charge is 2.12. The predicted molar refractivity (Wildman–Crippen MR) is 75.2 cm³/mol. The highest BCUT2D eigenvalue weighted by atomic mass is 35.5. The normalized spacial score (nSPS) is 11.2. The highest BCUT2D eigenvalue weighted by Crippen LogP contribution is 2.32. The number of aromatic nitrogens is 2. The van der Waals surface area contributed by atoms with E-state index in [4.69, 9.17) is 11.6 Å². The van der Waals surface area contributed by atoms with E-state index in [2.05, 4.69) is 34.6 Å². The van der Waals surface area contributed by atoms with Gasteiger partial charge in [0.2, 0.25) is 0 Å². The van der Waals surface area contributed by atoms with E-state index in [9.17, 15) is 0 Å². The Balaban J connectivity index is 2.28. The molecule has 0 unspecified atom stereocenters. The molecule has 3 aromatic rings. The van der Waals surface area contributed by atoms with Crippen molar-refractivity contribution in [2.45, 2.75) is 13.8 Å². The SMILES string of the molecule is Cc1cc2c(Cl)nc(-c3cscc3C)nc2s1. The number of fused-ring (bicyclic) bond motifs is 1. The van der Waals surface area contributed by atoms with Crippen molar-refractivity contribution < 1.29 is 0 Å². The van der Waals surface area contributed by atoms with E-state index in [1.54, 1.807) is 22.7 Å². The van der Waals surface area contributed by atoms with Crippen molar-refractivity contribution in [2.75, 3.05) is 0 Å². The first-order valence-electron chi connectivity index (χ1n) is 5.12. The molecule has 0 bridgehead atoms. The van der Waals surface area contributed by atoms with Crippen LogP contribution in [0.1, 0.15) is 10.4 Å². The third kappa shape index (κ3) is 1.86. The van der Waals surface area contributed by atoms with Gasteiger partial charge in [0.1, 0.15) is 9.98 Å². The lowest BCUT2D eigenvalue weighted by Crippen LogP contribution is -1.89. The van der Waals surface area contributed by atoms with Crippen molar-refractivity contribution in [3.05, 3.63) is 32.4 Å². The Morgan fingerprint density at radius 2 is 2.00 bits per heavy atom. The van der Waals surface area contributed by atoms with Gasteiger partial charge in [-0.3, -0.25) is 0 Å². The van der Waals surface area contributed by atoms with Crippen LogP contribution >= 0.6 is 34.3 Å². The first-order valence-corrected chi connectivity index (χ1v) is 7.26. The Kier molecular flexibility index (Phi) is 2.65. The van der Waals surface area contributed by atoms with Crippen LogP contribution in [0.2, 0.25) is 5.15 Å². The van der Waals surface area contributed by atoms with Gasteiger partial charge < -0.3 is 0 Å². The number of nitrogens with zero attached hydrogens (tertiary/aromatic N) is 2. The summed E-state index contributed by atoms with van der Waals surface area (Å²) in [5.41, 5.74) is 2.27. The molecule has 0 aliphatic heterocycles. The van der Waals surface area contributed by atoms with Crippen molar-refractivity contribution in [1.29, 1.82) is 0 Å². The fourth-order valence-corrected chi connectivity index (χ4v) is 3.70. The largest absolute Gasteiger partial charge is 0.217 e. The van der Waals surface area contributed by atoms with Crippen molar-refractivity contribution >= 4 is 44.5 Å². The van der Waals surface area contributed by atoms with Crippen LogP contribution in [-0.4, -0.2) is 9.97 Å². The molecule has 3 aromatic heterocycles. The van der Waals surface area contributed by atoms with Gasteiger partial charge in [-0.15, -0.1) is 11.3 Å². The number of halogens is 1. The first-order chi connectivity index (χ1) is 8.15. The summed E-state index contributed by atoms with van der Waals surface area (Å²) in [7, 11) is 0. The van der Waals surface area contributed by atoms with Gasteiger partial charge in [0, 0.05) is 21.2 Å². The van der Waals surface area contributed by atoms with Gasteiger partial charge in [-0.05, 0) is 30.9 Å². The van der Waals surface area contributed by atoms with E-state index in [0.717, 1.165) is 21.6 Å². The summed E-state index contributed by atoms with van der Waals surface area (Å²) in [6, 6.07) is 2.03. The fourth-order valence-electron chi connectivity index (χ4n) is 1.72. The maximum atomic E-state index is 6.20. The standard InChI is InChI=1S/C12H9ClN2S2/c1-6-4-16-5-9(6)11-14-10(13)8-3-7(2)17-12(8)15-11/h3-5H,1-2H3. The molecule has 86 valence electrons. The van der Waals surface area contributed by atoms with Crippen molar-refractivity contribution in [3.63, 3.8) is 0 Å². The van der Waals surface area contributed by atoms with Gasteiger partial charge in [0.25, 0.3) is 0 Å². The van der Waals surface area contributed by atoms with Crippen LogP contribution in [0.4, 0.5) is 0 Å². The van der Waals surface area contributed by atoms with Gasteiger partial charge in [-0.2, -0.15) is 11.3 Å². The Morgan fingerprint density at radius 3 is 2.71 bits per heavy atom. The minimum atomic E-state index is 0.542. The van der Waals surface area contributed by atoms with Crippen LogP contribution in [0.5, 0.6) is 0 Å². The maximum Gasteiger partial charge on any atom is 0.163 e. The molecule has 0 amide bonds. The summed E-state index contributed by atoms with van der Waals surface area (Å²) in [6.07, 6.45) is 0. The molecule has 17 heavy (non-hydrogen) atoms. The molecule has 3 heterocycles. The molecule has 0 N–H and O–H groups in total. The van der Waals surface area contributed by atoms with Crippen molar-refractivity contribution in [3.8, 4) is 11.4 Å². The zero-order valence-electron chi connectivity index (χ0n) is 9.32. The Morgan fingerprint density at radius 1 is 1.18 bits per heavy atom. The third-order valence-electron chi connectivity index (χ3n) is 2.57. The highest BCUT2D eigenvalue weighted by molar-refractivity contribution is 7.18. The van der Waals surface area contributed by atoms with Crippen LogP contribution in [0, 0.1) is 13.8 Å². The quantitative estimate of drug-likeness (QED) is 0.604. The molecule has 0 spiro atoms. The monoisotopic (exact) mass is 280 g/mol. The van der Waals surface area contributed by atoms with Gasteiger partial charge >= 0.3 is 0 Å². The third-order valence-corrected chi connectivity index (χ3v) is 4.66. The molecule has 0 saturated carbocycles. The fraction of sp³-hybridized carbons (Fsp3) is 0.167. The predicted octanol–water partition coefficient (Wildman–Crippen LogP) is 4.69. The van der Waals surface area contributed by atoms with Crippen LogP contribution < -0.4 is 0 Å². The molecule has 0 saturated heterocycles. The summed E-state index contributed by atoms with van der Waals surface area (Å²) < 4.78 is 0. The lowest BCUT2D eigenvalue weighted by molar-refractivity contribution is 1.23. The van der Waals surface area contributed by atoms with E-state index >= 15 is 0 Å². The van der Waals surface area contributed by atoms with Crippen LogP contribution in [0.15, 0.2) is 16.8 Å². The first kappa shape index (κ1) is 11.1. The number of hydrogen-bond acceptors (Lipinski definition) is 4. The molecule has 0 radical (unpaired) electrons. The van der Waals surface area contributed by atoms with Gasteiger partial charge in [-0.1, -0.05) is 11.6 Å². The lowest BCUT2D eigenvalue weighted by atomic mass is 10.2. The Labute approximate surface area is 112 Å². The van der Waals surface area contributed by atoms with E-state index < -0.39 is 0 Å². The second-order valence-corrected chi connectivity index (χ2v) is 6.22. The topological polar surface area (TPSA) is 25.8 Å². The van der Waals surface area contributed by atoms with E-state index in [0.29, 0.717) is 5.15 Å². The smallest absolute Gasteiger partial charge is 0.163 e. The average Bonchev–Trinajstić information content (AvgIpc) is 2.83. The zero-order chi connectivity index (χ0) is 12.0. The summed E-state index contributed by atoms with van der Waals surface area (Å²) in [5.74, 6) is 0.725. The summed E-state index contributed by atoms with van der Waals surface area (Å²) >= 11 is 9.51. The second kappa shape index (κ2) is 4.05. The summed E-state index contributed by atoms with van der Waals surface area (Å²) in [6.45, 7) is 4.12. The maximum absolute atomic E-state index is 6.20. The average molecular weight is 281 g/mol. The molecule has 0 aromatic carbocycles. The number of rotatable bonds is 1. The summed E-state index contributed by atoms with van der Waals surface area (Å²) in [5, 5.41) is 5.65. The van der Waals surface area contributed by atoms with Crippen LogP contribution in [0.25, 0.3) is 21.6 Å². The molecule has 5 heteroatoms. The Hall–Kier alpha value is -0.970. The molecular formula is C12H9ClN2S2. The van der Waals surface area contributed by atoms with Gasteiger partial charge in [0.15, 0.2) is 5.82 Å². The molecule has 0 aliphatic carbocycles. The van der Waals surface area contributed by atoms with Gasteiger partial charge in [-0.25, -0.2) is 9.97 Å². The molecular weight excluding hydrogens is 272 g/mol. The molecule has 0 atom stereocenters. The van der Waals surface area contributed by atoms with E-state index in [1.807, 2.05) is 6.07 Å². The molecule has 0 aliphatic rings. The molecule has 0 fully saturated rings. The van der Waals surface area contributed by atoms with E-state index in [1.165, 1.54) is 10.4 Å². The minimum Gasteiger partial charge on any atom is -0.217 e. The van der Waals surface area contributed by atoms with E-state index in [-0.39, 0.29) is 0 Å². The van der Waals surface area contributed by atoms with Crippen LogP contribution in [-0.2, 0) is 0 Å². The second-order valence-electron chi connectivity index (χ2n) is 3.88. The zero-order valence-corrected chi connectivity index (χ0v) is 11.7. The Bertz CT molecular complexity index is 700. The van der Waals surface area contributed by atoms with Gasteiger partial charge in [0.05, 0.1) is 0 Å². The number of thiophene rings is 2. The van der Waals surface area contributed by atoms with Crippen molar-refractivity contribution in [2.24, 2.45) is 0 Å². The molecule has 3 rings (SSSR count).